The van der Waals surface area contributed by atoms with Gasteiger partial charge in [-0.2, -0.15) is 4.31 Å². The van der Waals surface area contributed by atoms with Crippen LogP contribution in [0.3, 0.4) is 0 Å². The van der Waals surface area contributed by atoms with Crippen LogP contribution in [0, 0.1) is 5.92 Å². The highest BCUT2D eigenvalue weighted by Gasteiger charge is 2.27. The van der Waals surface area contributed by atoms with Crippen molar-refractivity contribution in [2.45, 2.75) is 37.5 Å². The summed E-state index contributed by atoms with van der Waals surface area (Å²) in [6, 6.07) is 0. The van der Waals surface area contributed by atoms with E-state index in [2.05, 4.69) is 22.2 Å². The Hall–Kier alpha value is -1.21. The van der Waals surface area contributed by atoms with Crippen LogP contribution in [0.25, 0.3) is 0 Å². The average Bonchev–Trinajstić information content (AvgIpc) is 2.73. The van der Waals surface area contributed by atoms with Gasteiger partial charge in [-0.05, 0) is 25.2 Å². The summed E-state index contributed by atoms with van der Waals surface area (Å²) in [4.78, 5) is 8.14. The van der Waals surface area contributed by atoms with Crippen LogP contribution in [-0.4, -0.2) is 42.8 Å². The van der Waals surface area contributed by atoms with Crippen molar-refractivity contribution in [3.8, 4) is 0 Å². The summed E-state index contributed by atoms with van der Waals surface area (Å²) >= 11 is 0. The van der Waals surface area contributed by atoms with E-state index in [9.17, 15) is 8.42 Å². The summed E-state index contributed by atoms with van der Waals surface area (Å²) in [5.41, 5.74) is 0. The van der Waals surface area contributed by atoms with E-state index >= 15 is 0 Å². The van der Waals surface area contributed by atoms with Crippen LogP contribution in [-0.2, 0) is 10.0 Å². The lowest BCUT2D eigenvalue weighted by molar-refractivity contribution is 0.407. The number of anilines is 1. The zero-order chi connectivity index (χ0) is 14.6. The molecule has 6 nitrogen and oxygen atoms in total. The highest BCUT2D eigenvalue weighted by Crippen LogP contribution is 2.24. The van der Waals surface area contributed by atoms with Crippen molar-refractivity contribution < 1.29 is 8.42 Å². The molecule has 20 heavy (non-hydrogen) atoms. The standard InChI is InChI=1S/C13H22N4O2S/c1-3-11-5-4-7-17(8-6-11)20(18,19)12-9-15-13(14-2)16-10-12/h9-11H,3-8H2,1-2H3,(H,14,15,16). The molecule has 1 aromatic heterocycles. The maximum atomic E-state index is 12.6. The van der Waals surface area contributed by atoms with Gasteiger partial charge in [-0.1, -0.05) is 13.3 Å². The number of hydrogen-bond donors (Lipinski definition) is 1. The van der Waals surface area contributed by atoms with E-state index in [1.807, 2.05) is 0 Å². The number of aromatic nitrogens is 2. The van der Waals surface area contributed by atoms with Crippen molar-refractivity contribution in [1.82, 2.24) is 14.3 Å². The highest BCUT2D eigenvalue weighted by molar-refractivity contribution is 7.89. The summed E-state index contributed by atoms with van der Waals surface area (Å²) in [7, 11) is -1.76. The third kappa shape index (κ3) is 3.27. The van der Waals surface area contributed by atoms with Gasteiger partial charge in [0.15, 0.2) is 0 Å². The zero-order valence-corrected chi connectivity index (χ0v) is 12.9. The smallest absolute Gasteiger partial charge is 0.246 e. The molecule has 2 heterocycles. The lowest BCUT2D eigenvalue weighted by atomic mass is 9.98. The lowest BCUT2D eigenvalue weighted by Crippen LogP contribution is -2.32. The summed E-state index contributed by atoms with van der Waals surface area (Å²) < 4.78 is 26.7. The van der Waals surface area contributed by atoms with Crippen molar-refractivity contribution in [2.24, 2.45) is 5.92 Å². The van der Waals surface area contributed by atoms with E-state index < -0.39 is 10.0 Å². The van der Waals surface area contributed by atoms with Crippen LogP contribution in [0.2, 0.25) is 0 Å². The van der Waals surface area contributed by atoms with Crippen LogP contribution >= 0.6 is 0 Å². The molecular formula is C13H22N4O2S. The molecule has 0 amide bonds. The summed E-state index contributed by atoms with van der Waals surface area (Å²) in [5, 5.41) is 2.78. The SMILES string of the molecule is CCC1CCCN(S(=O)(=O)c2cnc(NC)nc2)CC1. The molecular weight excluding hydrogens is 276 g/mol. The molecule has 0 aromatic carbocycles. The largest absolute Gasteiger partial charge is 0.357 e. The van der Waals surface area contributed by atoms with Crippen molar-refractivity contribution in [1.29, 1.82) is 0 Å². The Bertz CT molecular complexity index is 530. The van der Waals surface area contributed by atoms with Crippen molar-refractivity contribution in [3.05, 3.63) is 12.4 Å². The molecule has 1 fully saturated rings. The molecule has 1 atom stereocenters. The lowest BCUT2D eigenvalue weighted by Gasteiger charge is -2.19. The van der Waals surface area contributed by atoms with Gasteiger partial charge in [-0.3, -0.25) is 0 Å². The Labute approximate surface area is 120 Å². The minimum atomic E-state index is -3.46. The first-order chi connectivity index (χ1) is 9.57. The van der Waals surface area contributed by atoms with Crippen LogP contribution in [0.15, 0.2) is 17.3 Å². The fourth-order valence-corrected chi connectivity index (χ4v) is 3.90. The Morgan fingerprint density at radius 1 is 1.30 bits per heavy atom. The van der Waals surface area contributed by atoms with Gasteiger partial charge in [0.1, 0.15) is 4.90 Å². The number of hydrogen-bond acceptors (Lipinski definition) is 5. The second kappa shape index (κ2) is 6.49. The van der Waals surface area contributed by atoms with Gasteiger partial charge in [0.2, 0.25) is 16.0 Å². The molecule has 2 rings (SSSR count). The minimum absolute atomic E-state index is 0.173. The predicted molar refractivity (Wildman–Crippen MR) is 78.0 cm³/mol. The van der Waals surface area contributed by atoms with Crippen molar-refractivity contribution in [3.63, 3.8) is 0 Å². The third-order valence-corrected chi connectivity index (χ3v) is 5.73. The maximum Gasteiger partial charge on any atom is 0.246 e. The Balaban J connectivity index is 2.16. The van der Waals surface area contributed by atoms with E-state index in [1.165, 1.54) is 12.4 Å². The first kappa shape index (κ1) is 15.2. The van der Waals surface area contributed by atoms with Gasteiger partial charge in [-0.15, -0.1) is 0 Å². The topological polar surface area (TPSA) is 75.2 Å². The van der Waals surface area contributed by atoms with Crippen molar-refractivity contribution >= 4 is 16.0 Å². The monoisotopic (exact) mass is 298 g/mol. The molecule has 1 aliphatic heterocycles. The minimum Gasteiger partial charge on any atom is -0.357 e. The van der Waals surface area contributed by atoms with Gasteiger partial charge in [0.25, 0.3) is 0 Å². The Morgan fingerprint density at radius 2 is 2.00 bits per heavy atom. The fourth-order valence-electron chi connectivity index (χ4n) is 2.52. The second-order valence-corrected chi connectivity index (χ2v) is 7.04. The zero-order valence-electron chi connectivity index (χ0n) is 12.0. The van der Waals surface area contributed by atoms with E-state index in [4.69, 9.17) is 0 Å². The van der Waals surface area contributed by atoms with Gasteiger partial charge in [0.05, 0.1) is 12.4 Å². The van der Waals surface area contributed by atoms with E-state index in [1.54, 1.807) is 11.4 Å². The second-order valence-electron chi connectivity index (χ2n) is 5.10. The van der Waals surface area contributed by atoms with Gasteiger partial charge in [-0.25, -0.2) is 18.4 Å². The molecule has 0 spiro atoms. The average molecular weight is 298 g/mol. The van der Waals surface area contributed by atoms with E-state index in [0.29, 0.717) is 25.0 Å². The molecule has 1 N–H and O–H groups in total. The molecule has 112 valence electrons. The van der Waals surface area contributed by atoms with E-state index in [0.717, 1.165) is 25.7 Å². The number of sulfonamides is 1. The van der Waals surface area contributed by atoms with E-state index in [-0.39, 0.29) is 4.90 Å². The summed E-state index contributed by atoms with van der Waals surface area (Å²) in [6.07, 6.45) is 6.83. The van der Waals surface area contributed by atoms with Crippen LogP contribution in [0.1, 0.15) is 32.6 Å². The fraction of sp³-hybridized carbons (Fsp3) is 0.692. The summed E-state index contributed by atoms with van der Waals surface area (Å²) in [5.74, 6) is 1.06. The molecule has 0 saturated carbocycles. The first-order valence-corrected chi connectivity index (χ1v) is 8.52. The molecule has 0 aliphatic carbocycles. The van der Waals surface area contributed by atoms with Crippen LogP contribution in [0.5, 0.6) is 0 Å². The van der Waals surface area contributed by atoms with Crippen LogP contribution < -0.4 is 5.32 Å². The maximum absolute atomic E-state index is 12.6. The predicted octanol–water partition coefficient (Wildman–Crippen LogP) is 1.72. The summed E-state index contributed by atoms with van der Waals surface area (Å²) in [6.45, 7) is 3.35. The molecule has 0 bridgehead atoms. The molecule has 1 aliphatic rings. The highest BCUT2D eigenvalue weighted by atomic mass is 32.2. The number of rotatable bonds is 4. The molecule has 1 unspecified atom stereocenters. The Kier molecular flexibility index (Phi) is 4.93. The van der Waals surface area contributed by atoms with Gasteiger partial charge in [0, 0.05) is 20.1 Å². The number of nitrogens with zero attached hydrogens (tertiary/aromatic N) is 3. The number of nitrogens with one attached hydrogen (secondary N) is 1. The first-order valence-electron chi connectivity index (χ1n) is 7.08. The molecule has 7 heteroatoms. The van der Waals surface area contributed by atoms with Crippen LogP contribution in [0.4, 0.5) is 5.95 Å². The van der Waals surface area contributed by atoms with Gasteiger partial charge >= 0.3 is 0 Å². The quantitative estimate of drug-likeness (QED) is 0.916. The third-order valence-electron chi connectivity index (χ3n) is 3.87. The molecule has 1 saturated heterocycles. The van der Waals surface area contributed by atoms with Crippen molar-refractivity contribution in [2.75, 3.05) is 25.5 Å². The normalized spacial score (nSPS) is 21.4. The molecule has 0 radical (unpaired) electrons. The van der Waals surface area contributed by atoms with Gasteiger partial charge < -0.3 is 5.32 Å². The Morgan fingerprint density at radius 3 is 2.60 bits per heavy atom. The molecule has 1 aromatic rings.